The molecule has 1 fully saturated rings. The summed E-state index contributed by atoms with van der Waals surface area (Å²) in [5.74, 6) is 1.04. The topological polar surface area (TPSA) is 9.23 Å². The van der Waals surface area contributed by atoms with E-state index in [0.717, 1.165) is 11.2 Å². The van der Waals surface area contributed by atoms with E-state index in [2.05, 4.69) is 6.58 Å². The summed E-state index contributed by atoms with van der Waals surface area (Å²) in [6.07, 6.45) is 2.10. The van der Waals surface area contributed by atoms with Crippen molar-refractivity contribution in [3.63, 3.8) is 0 Å². The maximum Gasteiger partial charge on any atom is 0.149 e. The smallest absolute Gasteiger partial charge is 0.149 e. The second-order valence-corrected chi connectivity index (χ2v) is 2.89. The molecule has 0 aromatic carbocycles. The maximum absolute atomic E-state index is 5.27. The minimum atomic E-state index is 0.264. The number of thioether (sulfide) groups is 1. The van der Waals surface area contributed by atoms with Crippen molar-refractivity contribution in [3.05, 3.63) is 18.1 Å². The van der Waals surface area contributed by atoms with Crippen LogP contribution in [0.25, 0.3) is 0 Å². The third kappa shape index (κ3) is 1.26. The van der Waals surface area contributed by atoms with Gasteiger partial charge >= 0.3 is 0 Å². The summed E-state index contributed by atoms with van der Waals surface area (Å²) < 4.78 is 5.27. The van der Waals surface area contributed by atoms with Gasteiger partial charge in [-0.3, -0.25) is 0 Å². The van der Waals surface area contributed by atoms with Gasteiger partial charge in [-0.05, 0) is 6.92 Å². The van der Waals surface area contributed by atoms with Gasteiger partial charge in [0.15, 0.2) is 0 Å². The quantitative estimate of drug-likeness (QED) is 0.499. The first-order chi connectivity index (χ1) is 3.83. The van der Waals surface area contributed by atoms with Crippen molar-refractivity contribution >= 4 is 11.8 Å². The molecule has 0 N–H and O–H groups in total. The Morgan fingerprint density at radius 2 is 2.75 bits per heavy atom. The molecule has 1 aliphatic rings. The van der Waals surface area contributed by atoms with Crippen LogP contribution >= 0.6 is 11.8 Å². The molecule has 0 aromatic heterocycles. The van der Waals surface area contributed by atoms with Gasteiger partial charge in [0.05, 0.1) is 6.10 Å². The molecule has 1 atom stereocenters. The zero-order valence-corrected chi connectivity index (χ0v) is 5.70. The molecule has 0 aromatic rings. The molecule has 0 bridgehead atoms. The third-order valence-corrected chi connectivity index (χ3v) is 2.03. The highest BCUT2D eigenvalue weighted by Crippen LogP contribution is 2.30. The first kappa shape index (κ1) is 6.17. The highest BCUT2D eigenvalue weighted by atomic mass is 32.2. The van der Waals surface area contributed by atoms with Gasteiger partial charge in [-0.25, -0.2) is 0 Å². The Hall–Kier alpha value is 0.0500. The van der Waals surface area contributed by atoms with E-state index in [4.69, 9.17) is 4.74 Å². The van der Waals surface area contributed by atoms with Crippen molar-refractivity contribution in [3.8, 4) is 0 Å². The lowest BCUT2D eigenvalue weighted by Gasteiger charge is -2.00. The molecule has 1 unspecified atom stereocenters. The Balaban J connectivity index is 2.32. The van der Waals surface area contributed by atoms with Crippen LogP contribution < -0.4 is 0 Å². The van der Waals surface area contributed by atoms with E-state index in [1.807, 2.05) is 13.0 Å². The van der Waals surface area contributed by atoms with Crippen molar-refractivity contribution in [1.82, 2.24) is 0 Å². The minimum absolute atomic E-state index is 0.264. The molecule has 0 amide bonds. The first-order valence-electron chi connectivity index (χ1n) is 2.58. The van der Waals surface area contributed by atoms with E-state index >= 15 is 0 Å². The lowest BCUT2D eigenvalue weighted by molar-refractivity contribution is 0.168. The number of hydrogen-bond acceptors (Lipinski definition) is 2. The summed E-state index contributed by atoms with van der Waals surface area (Å²) in [7, 11) is 0. The summed E-state index contributed by atoms with van der Waals surface area (Å²) >= 11 is 1.75. The average molecular weight is 129 g/mol. The Morgan fingerprint density at radius 1 is 2.00 bits per heavy atom. The standard InChI is InChI=1S/C6H9OS/c1-3-6-4-8-5(2)7-6/h3,6H,1,4H2,2H3. The van der Waals surface area contributed by atoms with Gasteiger partial charge in [0, 0.05) is 5.75 Å². The molecule has 8 heavy (non-hydrogen) atoms. The van der Waals surface area contributed by atoms with Gasteiger partial charge in [0.2, 0.25) is 0 Å². The Morgan fingerprint density at radius 3 is 3.00 bits per heavy atom. The van der Waals surface area contributed by atoms with E-state index in [9.17, 15) is 0 Å². The monoisotopic (exact) mass is 129 g/mol. The summed E-state index contributed by atoms with van der Waals surface area (Å²) in [6.45, 7) is 5.61. The lowest BCUT2D eigenvalue weighted by Crippen LogP contribution is -2.02. The van der Waals surface area contributed by atoms with Gasteiger partial charge in [-0.15, -0.1) is 18.3 Å². The molecular weight excluding hydrogens is 120 g/mol. The van der Waals surface area contributed by atoms with Gasteiger partial charge < -0.3 is 4.74 Å². The predicted molar refractivity (Wildman–Crippen MR) is 36.4 cm³/mol. The van der Waals surface area contributed by atoms with Crippen molar-refractivity contribution in [2.45, 2.75) is 13.0 Å². The number of hydrogen-bond donors (Lipinski definition) is 0. The maximum atomic E-state index is 5.27. The van der Waals surface area contributed by atoms with Gasteiger partial charge in [0.1, 0.15) is 5.44 Å². The highest BCUT2D eigenvalue weighted by molar-refractivity contribution is 8.02. The molecule has 1 rings (SSSR count). The van der Waals surface area contributed by atoms with Crippen LogP contribution in [0.15, 0.2) is 12.7 Å². The SMILES string of the molecule is C=CC1CS[C](C)O1. The van der Waals surface area contributed by atoms with Crippen molar-refractivity contribution in [2.24, 2.45) is 0 Å². The summed E-state index contributed by atoms with van der Waals surface area (Å²) in [5, 5.41) is 0. The zero-order chi connectivity index (χ0) is 5.98. The van der Waals surface area contributed by atoms with Crippen LogP contribution in [-0.4, -0.2) is 11.9 Å². The van der Waals surface area contributed by atoms with Crippen molar-refractivity contribution in [1.29, 1.82) is 0 Å². The molecule has 1 nitrogen and oxygen atoms in total. The van der Waals surface area contributed by atoms with Crippen LogP contribution in [0.3, 0.4) is 0 Å². The average Bonchev–Trinajstić information content (AvgIpc) is 2.14. The minimum Gasteiger partial charge on any atom is -0.353 e. The Bertz CT molecular complexity index is 92.5. The normalized spacial score (nSPS) is 30.9. The van der Waals surface area contributed by atoms with Gasteiger partial charge in [0.25, 0.3) is 0 Å². The molecule has 1 radical (unpaired) electrons. The fraction of sp³-hybridized carbons (Fsp3) is 0.500. The lowest BCUT2D eigenvalue weighted by atomic mass is 10.4. The molecule has 45 valence electrons. The number of ether oxygens (including phenoxy) is 1. The van der Waals surface area contributed by atoms with Crippen LogP contribution in [0.4, 0.5) is 0 Å². The van der Waals surface area contributed by atoms with E-state index in [1.165, 1.54) is 0 Å². The van der Waals surface area contributed by atoms with Gasteiger partial charge in [-0.1, -0.05) is 6.08 Å². The second kappa shape index (κ2) is 2.55. The van der Waals surface area contributed by atoms with E-state index in [1.54, 1.807) is 11.8 Å². The van der Waals surface area contributed by atoms with Crippen LogP contribution in [0.5, 0.6) is 0 Å². The molecule has 1 heterocycles. The summed E-state index contributed by atoms with van der Waals surface area (Å²) in [5.41, 5.74) is 1.06. The van der Waals surface area contributed by atoms with Crippen LogP contribution in [-0.2, 0) is 4.74 Å². The molecular formula is C6H9OS. The molecule has 0 spiro atoms. The van der Waals surface area contributed by atoms with Crippen molar-refractivity contribution in [2.75, 3.05) is 5.75 Å². The Kier molecular flexibility index (Phi) is 1.97. The van der Waals surface area contributed by atoms with E-state index in [0.29, 0.717) is 0 Å². The van der Waals surface area contributed by atoms with E-state index < -0.39 is 0 Å². The Labute approximate surface area is 54.1 Å². The molecule has 2 heteroatoms. The predicted octanol–water partition coefficient (Wildman–Crippen LogP) is 1.81. The summed E-state index contributed by atoms with van der Waals surface area (Å²) in [4.78, 5) is 0. The number of rotatable bonds is 1. The third-order valence-electron chi connectivity index (χ3n) is 1.03. The second-order valence-electron chi connectivity index (χ2n) is 1.69. The first-order valence-corrected chi connectivity index (χ1v) is 3.57. The molecule has 1 saturated heterocycles. The fourth-order valence-electron chi connectivity index (χ4n) is 0.597. The summed E-state index contributed by atoms with van der Waals surface area (Å²) in [6, 6.07) is 0. The fourth-order valence-corrected chi connectivity index (χ4v) is 1.39. The molecule has 0 aliphatic carbocycles. The van der Waals surface area contributed by atoms with Crippen LogP contribution in [0.2, 0.25) is 0 Å². The molecule has 0 saturated carbocycles. The van der Waals surface area contributed by atoms with E-state index in [-0.39, 0.29) is 6.10 Å². The largest absolute Gasteiger partial charge is 0.353 e. The van der Waals surface area contributed by atoms with Crippen LogP contribution in [0.1, 0.15) is 6.92 Å². The highest BCUT2D eigenvalue weighted by Gasteiger charge is 2.19. The van der Waals surface area contributed by atoms with Crippen LogP contribution in [0, 0.1) is 5.44 Å². The zero-order valence-electron chi connectivity index (χ0n) is 4.89. The van der Waals surface area contributed by atoms with Crippen molar-refractivity contribution < 1.29 is 4.74 Å². The van der Waals surface area contributed by atoms with Gasteiger partial charge in [-0.2, -0.15) is 0 Å². The molecule has 1 aliphatic heterocycles.